The smallest absolute Gasteiger partial charge is 0.246 e. The van der Waals surface area contributed by atoms with E-state index in [1.165, 1.54) is 21.9 Å². The number of hydrogen-bond donors (Lipinski definition) is 5. The van der Waals surface area contributed by atoms with Crippen LogP contribution >= 0.6 is 22.9 Å². The molecule has 90 heavy (non-hydrogen) atoms. The van der Waals surface area contributed by atoms with E-state index in [0.29, 0.717) is 106 Å². The number of β-amino-alcohol motifs (C(OH)–C–C–N with tert-alkyl or cyclic N) is 1. The van der Waals surface area contributed by atoms with Crippen LogP contribution in [0.1, 0.15) is 64.3 Å². The molecule has 2 aromatic heterocycles. The number of likely N-dealkylation sites (tertiary alicyclic amines) is 1. The lowest BCUT2D eigenvalue weighted by molar-refractivity contribution is -0.144. The van der Waals surface area contributed by atoms with Gasteiger partial charge in [0.2, 0.25) is 35.5 Å². The molecular formula is C65H82ClFN10O12S. The summed E-state index contributed by atoms with van der Waals surface area (Å²) < 4.78 is 45.0. The molecule has 0 unspecified atom stereocenters. The number of thiazole rings is 1. The van der Waals surface area contributed by atoms with E-state index in [1.807, 2.05) is 88.0 Å². The molecule has 2 aliphatic heterocycles. The summed E-state index contributed by atoms with van der Waals surface area (Å²) in [5.74, 6) is -1.79. The van der Waals surface area contributed by atoms with E-state index in [0.717, 1.165) is 21.7 Å². The number of piperazine rings is 1. The zero-order valence-corrected chi connectivity index (χ0v) is 53.7. The molecule has 6 aromatic rings. The molecule has 0 aliphatic carbocycles. The molecular weight excluding hydrogens is 1200 g/mol. The summed E-state index contributed by atoms with van der Waals surface area (Å²) in [4.78, 5) is 87.7. The van der Waals surface area contributed by atoms with Crippen LogP contribution in [0.25, 0.3) is 43.2 Å². The van der Waals surface area contributed by atoms with Crippen molar-refractivity contribution >= 4 is 85.9 Å². The van der Waals surface area contributed by atoms with Gasteiger partial charge in [-0.25, -0.2) is 14.4 Å². The number of benzene rings is 4. The maximum atomic E-state index is 17.0. The zero-order chi connectivity index (χ0) is 64.5. The molecule has 0 spiro atoms. The van der Waals surface area contributed by atoms with Gasteiger partial charge in [0.05, 0.1) is 92.7 Å². The van der Waals surface area contributed by atoms with Crippen LogP contribution in [-0.4, -0.2) is 207 Å². The van der Waals surface area contributed by atoms with E-state index in [2.05, 4.69) is 25.9 Å². The Morgan fingerprint density at radius 2 is 1.51 bits per heavy atom. The highest BCUT2D eigenvalue weighted by molar-refractivity contribution is 7.13. The minimum Gasteiger partial charge on any atom is -0.508 e. The van der Waals surface area contributed by atoms with Crippen LogP contribution in [0.15, 0.2) is 84.4 Å². The first-order valence-corrected chi connectivity index (χ1v) is 31.5. The molecule has 2 saturated heterocycles. The Bertz CT molecular complexity index is 3470. The van der Waals surface area contributed by atoms with Gasteiger partial charge in [-0.05, 0) is 77.4 Å². The van der Waals surface area contributed by atoms with Crippen LogP contribution in [0.2, 0.25) is 5.02 Å². The number of carbonyl (C=O) groups excluding carboxylic acids is 5. The predicted octanol–water partition coefficient (Wildman–Crippen LogP) is 7.32. The number of anilines is 2. The SMILES string of the molecule is Cc1ncsc1-c1ccc([C@H](C)NC(=O)[C@@H]2C[C@@H](O)CN2C(=O)[C@@H](NC(=O)COCCOCCOCCOCCOCC/C=C/C(=O)N2CCN(c3nc(NCCC(=O)N(C)C)nc4c(F)c(-c5cc(O)cc6ccccc56)c(Cl)cc34)CC2)C(C)(C)C)cc1. The normalized spacial score (nSPS) is 16.0. The maximum Gasteiger partial charge on any atom is 0.246 e. The average molecular weight is 1280 g/mol. The van der Waals surface area contributed by atoms with Gasteiger partial charge in [0.1, 0.15) is 35.8 Å². The molecule has 5 N–H and O–H groups in total. The van der Waals surface area contributed by atoms with Crippen LogP contribution in [0, 0.1) is 18.2 Å². The molecule has 8 rings (SSSR count). The highest BCUT2D eigenvalue weighted by Gasteiger charge is 2.45. The van der Waals surface area contributed by atoms with Gasteiger partial charge in [-0.15, -0.1) is 11.3 Å². The van der Waals surface area contributed by atoms with Crippen molar-refractivity contribution in [2.24, 2.45) is 5.41 Å². The summed E-state index contributed by atoms with van der Waals surface area (Å²) in [6.45, 7) is 13.4. The first-order chi connectivity index (χ1) is 43.2. The number of phenolic OH excluding ortho intramolecular Hbond substituents is 1. The molecule has 0 saturated carbocycles. The van der Waals surface area contributed by atoms with Crippen molar-refractivity contribution in [3.63, 3.8) is 0 Å². The lowest BCUT2D eigenvalue weighted by atomic mass is 9.85. The lowest BCUT2D eigenvalue weighted by Gasteiger charge is -2.35. The Labute approximate surface area is 533 Å². The van der Waals surface area contributed by atoms with Crippen LogP contribution in [0.4, 0.5) is 16.2 Å². The van der Waals surface area contributed by atoms with Crippen molar-refractivity contribution in [2.75, 3.05) is 130 Å². The first-order valence-electron chi connectivity index (χ1n) is 30.2. The largest absolute Gasteiger partial charge is 0.508 e. The molecule has 4 heterocycles. The Balaban J connectivity index is 0.673. The molecule has 2 aliphatic rings. The third-order valence-corrected chi connectivity index (χ3v) is 16.7. The molecule has 0 radical (unpaired) electrons. The molecule has 5 amide bonds. The van der Waals surface area contributed by atoms with Gasteiger partial charge < -0.3 is 69.4 Å². The first kappa shape index (κ1) is 68.5. The summed E-state index contributed by atoms with van der Waals surface area (Å²) in [7, 11) is 3.33. The number of ether oxygens (including phenoxy) is 5. The second kappa shape index (κ2) is 32.5. The van der Waals surface area contributed by atoms with Crippen molar-refractivity contribution in [1.82, 2.24) is 40.3 Å². The van der Waals surface area contributed by atoms with Gasteiger partial charge in [0.25, 0.3) is 0 Å². The number of phenols is 1. The van der Waals surface area contributed by atoms with Crippen LogP contribution < -0.4 is 20.9 Å². The van der Waals surface area contributed by atoms with Gasteiger partial charge in [0.15, 0.2) is 5.82 Å². The second-order valence-electron chi connectivity index (χ2n) is 23.4. The number of aryl methyl sites for hydroxylation is 1. The van der Waals surface area contributed by atoms with Crippen molar-refractivity contribution in [3.05, 3.63) is 106 Å². The topological polar surface area (TPSA) is 260 Å². The van der Waals surface area contributed by atoms with Crippen molar-refractivity contribution in [3.8, 4) is 27.3 Å². The Morgan fingerprint density at radius 3 is 2.16 bits per heavy atom. The number of aliphatic hydroxyl groups is 1. The molecule has 0 bridgehead atoms. The standard InChI is InChI=1S/C65H82ClFN10O12S/c1-41(43-15-17-44(18-16-43)59-42(2)69-40-90-59)70-62(83)52-36-47(79)38-77(52)63(84)60(65(3,4)5)71-53(80)39-89-33-32-88-31-30-87-29-28-86-27-26-85-25-11-10-14-55(82)75-21-23-76(24-22-75)61-50-37-51(66)56(49-35-46(78)34-45-12-8-9-13-48(45)49)57(67)58(50)72-64(73-61)68-20-19-54(81)74(6)7/h8-10,12-18,34-35,37,40-41,47,52,60,78-79H,11,19-33,36,38-39H2,1-7H3,(H,70,83)(H,71,80)(H,68,72,73)/b14-10+/t41-,47+,52-,60+/m0/s1. The quantitative estimate of drug-likeness (QED) is 0.0219. The Morgan fingerprint density at radius 1 is 0.856 bits per heavy atom. The van der Waals surface area contributed by atoms with Crippen molar-refractivity contribution in [2.45, 2.75) is 78.1 Å². The fourth-order valence-electron chi connectivity index (χ4n) is 10.6. The Hall–Kier alpha value is -7.42. The number of aliphatic hydroxyl groups excluding tert-OH is 1. The van der Waals surface area contributed by atoms with Crippen molar-refractivity contribution in [1.29, 1.82) is 0 Å². The predicted molar refractivity (Wildman–Crippen MR) is 344 cm³/mol. The highest BCUT2D eigenvalue weighted by Crippen LogP contribution is 2.43. The van der Waals surface area contributed by atoms with Crippen LogP contribution in [0.5, 0.6) is 5.75 Å². The van der Waals surface area contributed by atoms with Gasteiger partial charge in [0, 0.05) is 77.2 Å². The van der Waals surface area contributed by atoms with E-state index in [-0.39, 0.29) is 97.3 Å². The number of aromatic hydroxyl groups is 1. The lowest BCUT2D eigenvalue weighted by Crippen LogP contribution is -2.58. The Kier molecular flexibility index (Phi) is 24.8. The van der Waals surface area contributed by atoms with Gasteiger partial charge >= 0.3 is 0 Å². The fraction of sp³-hybridized carbons (Fsp3) is 0.477. The van der Waals surface area contributed by atoms with E-state index in [1.54, 1.807) is 54.1 Å². The molecule has 4 atom stereocenters. The maximum absolute atomic E-state index is 17.0. The fourth-order valence-corrected chi connectivity index (χ4v) is 11.7. The third-order valence-electron chi connectivity index (χ3n) is 15.5. The molecule has 4 aromatic carbocycles. The van der Waals surface area contributed by atoms with E-state index in [9.17, 15) is 34.2 Å². The van der Waals surface area contributed by atoms with E-state index in [4.69, 9.17) is 40.3 Å². The van der Waals surface area contributed by atoms with Crippen molar-refractivity contribution < 1.29 is 62.3 Å². The number of nitrogens with one attached hydrogen (secondary N) is 3. The van der Waals surface area contributed by atoms with Gasteiger partial charge in [-0.1, -0.05) is 87.0 Å². The number of nitrogens with zero attached hydrogens (tertiary/aromatic N) is 7. The number of rotatable bonds is 30. The van der Waals surface area contributed by atoms with Crippen LogP contribution in [0.3, 0.4) is 0 Å². The van der Waals surface area contributed by atoms with Gasteiger partial charge in [-0.3, -0.25) is 24.0 Å². The molecule has 22 nitrogen and oxygen atoms in total. The zero-order valence-electron chi connectivity index (χ0n) is 52.1. The summed E-state index contributed by atoms with van der Waals surface area (Å²) in [5, 5.41) is 32.0. The van der Waals surface area contributed by atoms with Crippen LogP contribution in [-0.2, 0) is 47.7 Å². The molecule has 2 fully saturated rings. The highest BCUT2D eigenvalue weighted by atomic mass is 35.5. The van der Waals surface area contributed by atoms with E-state index >= 15 is 4.39 Å². The van der Waals surface area contributed by atoms with E-state index < -0.39 is 41.2 Å². The number of fused-ring (bicyclic) bond motifs is 2. The number of hydrogen-bond acceptors (Lipinski definition) is 18. The monoisotopic (exact) mass is 1280 g/mol. The summed E-state index contributed by atoms with van der Waals surface area (Å²) in [5.41, 5.74) is 4.45. The summed E-state index contributed by atoms with van der Waals surface area (Å²) >= 11 is 8.46. The number of halogens is 2. The molecule has 484 valence electrons. The summed E-state index contributed by atoms with van der Waals surface area (Å²) in [6.07, 6.45) is 3.16. The average Bonchev–Trinajstić information content (AvgIpc) is 0.976. The minimum atomic E-state index is -0.994. The van der Waals surface area contributed by atoms with Gasteiger partial charge in [-0.2, -0.15) is 4.98 Å². The second-order valence-corrected chi connectivity index (χ2v) is 24.6. The third kappa shape index (κ3) is 18.4. The number of aromatic nitrogens is 3. The summed E-state index contributed by atoms with van der Waals surface area (Å²) in [6, 6.07) is 17.6. The molecule has 25 heteroatoms. The minimum absolute atomic E-state index is 0.0117. The number of amides is 5. The number of carbonyl (C=O) groups is 5.